The van der Waals surface area contributed by atoms with Crippen LogP contribution in [0.3, 0.4) is 0 Å². The Kier molecular flexibility index (Phi) is 7.68. The van der Waals surface area contributed by atoms with Crippen LogP contribution < -0.4 is 0 Å². The Morgan fingerprint density at radius 3 is 2.22 bits per heavy atom. The molecule has 2 rings (SSSR count). The maximum atomic E-state index is 10.2. The number of aromatic hydroxyl groups is 1. The van der Waals surface area contributed by atoms with E-state index in [4.69, 9.17) is 4.74 Å². The first-order chi connectivity index (χ1) is 11.3. The number of unbranched alkanes of at least 4 members (excludes halogenated alkanes) is 5. The second-order valence-corrected chi connectivity index (χ2v) is 5.99. The molecule has 0 spiro atoms. The van der Waals surface area contributed by atoms with Crippen molar-refractivity contribution in [3.05, 3.63) is 65.7 Å². The maximum Gasteiger partial charge on any atom is 0.121 e. The van der Waals surface area contributed by atoms with E-state index in [2.05, 4.69) is 19.1 Å². The molecule has 1 unspecified atom stereocenters. The molecule has 0 fully saturated rings. The van der Waals surface area contributed by atoms with Crippen molar-refractivity contribution in [3.63, 3.8) is 0 Å². The van der Waals surface area contributed by atoms with Gasteiger partial charge in [0.25, 0.3) is 0 Å². The van der Waals surface area contributed by atoms with Crippen molar-refractivity contribution in [2.45, 2.75) is 51.6 Å². The monoisotopic (exact) mass is 312 g/mol. The minimum Gasteiger partial charge on any atom is -0.508 e. The van der Waals surface area contributed by atoms with Gasteiger partial charge in [-0.25, -0.2) is 0 Å². The highest BCUT2D eigenvalue weighted by atomic mass is 16.5. The number of benzene rings is 2. The Morgan fingerprint density at radius 2 is 1.48 bits per heavy atom. The van der Waals surface area contributed by atoms with E-state index < -0.39 is 0 Å². The number of ether oxygens (including phenoxy) is 1. The number of para-hydroxylation sites is 1. The van der Waals surface area contributed by atoms with Gasteiger partial charge in [0, 0.05) is 12.2 Å². The van der Waals surface area contributed by atoms with Gasteiger partial charge < -0.3 is 9.84 Å². The molecule has 0 aliphatic carbocycles. The van der Waals surface area contributed by atoms with Crippen molar-refractivity contribution in [3.8, 4) is 5.75 Å². The summed E-state index contributed by atoms with van der Waals surface area (Å²) in [5.74, 6) is 0.296. The van der Waals surface area contributed by atoms with Crippen molar-refractivity contribution in [2.75, 3.05) is 6.61 Å². The van der Waals surface area contributed by atoms with Crippen LogP contribution in [0.4, 0.5) is 0 Å². The van der Waals surface area contributed by atoms with Crippen LogP contribution in [0.2, 0.25) is 0 Å². The highest BCUT2D eigenvalue weighted by Gasteiger charge is 2.17. The first-order valence-corrected chi connectivity index (χ1v) is 8.77. The second kappa shape index (κ2) is 10.1. The van der Waals surface area contributed by atoms with Crippen molar-refractivity contribution in [2.24, 2.45) is 0 Å². The van der Waals surface area contributed by atoms with Gasteiger partial charge in [-0.2, -0.15) is 0 Å². The molecule has 2 aromatic carbocycles. The van der Waals surface area contributed by atoms with E-state index in [0.29, 0.717) is 5.75 Å². The largest absolute Gasteiger partial charge is 0.508 e. The van der Waals surface area contributed by atoms with Gasteiger partial charge in [0.2, 0.25) is 0 Å². The van der Waals surface area contributed by atoms with Crippen LogP contribution in [-0.2, 0) is 4.74 Å². The van der Waals surface area contributed by atoms with Crippen LogP contribution in [0.15, 0.2) is 54.6 Å². The summed E-state index contributed by atoms with van der Waals surface area (Å²) in [7, 11) is 0. The van der Waals surface area contributed by atoms with E-state index in [-0.39, 0.29) is 6.10 Å². The number of hydrogen-bond acceptors (Lipinski definition) is 2. The highest BCUT2D eigenvalue weighted by Crippen LogP contribution is 2.32. The van der Waals surface area contributed by atoms with Gasteiger partial charge in [-0.1, -0.05) is 87.6 Å². The van der Waals surface area contributed by atoms with E-state index in [0.717, 1.165) is 24.2 Å². The summed E-state index contributed by atoms with van der Waals surface area (Å²) >= 11 is 0. The van der Waals surface area contributed by atoms with Gasteiger partial charge >= 0.3 is 0 Å². The predicted molar refractivity (Wildman–Crippen MR) is 95.7 cm³/mol. The van der Waals surface area contributed by atoms with Crippen molar-refractivity contribution < 1.29 is 9.84 Å². The molecule has 0 saturated carbocycles. The first-order valence-electron chi connectivity index (χ1n) is 8.77. The molecule has 0 amide bonds. The lowest BCUT2D eigenvalue weighted by atomic mass is 10.0. The standard InChI is InChI=1S/C21H28O2/c1-2-3-4-5-6-12-17-23-21(18-13-8-7-9-14-18)19-15-10-11-16-20(19)22/h7-11,13-16,21-22H,2-6,12,17H2,1H3. The van der Waals surface area contributed by atoms with Crippen LogP contribution in [0, 0.1) is 0 Å². The smallest absolute Gasteiger partial charge is 0.121 e. The fourth-order valence-electron chi connectivity index (χ4n) is 2.79. The van der Waals surface area contributed by atoms with Gasteiger partial charge in [-0.15, -0.1) is 0 Å². The Hall–Kier alpha value is -1.80. The Labute approximate surface area is 140 Å². The SMILES string of the molecule is CCCCCCCCOC(c1ccccc1)c1ccccc1O. The van der Waals surface area contributed by atoms with Gasteiger partial charge in [-0.3, -0.25) is 0 Å². The highest BCUT2D eigenvalue weighted by molar-refractivity contribution is 5.39. The molecule has 0 aromatic heterocycles. The molecule has 2 aromatic rings. The van der Waals surface area contributed by atoms with Crippen LogP contribution >= 0.6 is 0 Å². The second-order valence-electron chi connectivity index (χ2n) is 5.99. The zero-order valence-corrected chi connectivity index (χ0v) is 14.1. The van der Waals surface area contributed by atoms with Crippen LogP contribution in [0.5, 0.6) is 5.75 Å². The van der Waals surface area contributed by atoms with Crippen molar-refractivity contribution in [1.29, 1.82) is 0 Å². The fraction of sp³-hybridized carbons (Fsp3) is 0.429. The Balaban J connectivity index is 1.95. The molecule has 0 bridgehead atoms. The molecule has 0 heterocycles. The third kappa shape index (κ3) is 5.72. The number of rotatable bonds is 10. The van der Waals surface area contributed by atoms with E-state index in [1.54, 1.807) is 6.07 Å². The molecular weight excluding hydrogens is 284 g/mol. The summed E-state index contributed by atoms with van der Waals surface area (Å²) in [5, 5.41) is 10.2. The van der Waals surface area contributed by atoms with E-state index in [9.17, 15) is 5.11 Å². The summed E-state index contributed by atoms with van der Waals surface area (Å²) in [4.78, 5) is 0. The molecule has 1 N–H and O–H groups in total. The minimum absolute atomic E-state index is 0.201. The average molecular weight is 312 g/mol. The molecule has 2 nitrogen and oxygen atoms in total. The number of hydrogen-bond donors (Lipinski definition) is 1. The first kappa shape index (κ1) is 17.6. The minimum atomic E-state index is -0.201. The lowest BCUT2D eigenvalue weighted by Gasteiger charge is -2.20. The number of phenolic OH excluding ortho intramolecular Hbond substituents is 1. The summed E-state index contributed by atoms with van der Waals surface area (Å²) in [6.07, 6.45) is 7.28. The summed E-state index contributed by atoms with van der Waals surface area (Å²) in [5.41, 5.74) is 1.92. The molecule has 0 radical (unpaired) electrons. The van der Waals surface area contributed by atoms with E-state index >= 15 is 0 Å². The van der Waals surface area contributed by atoms with Crippen LogP contribution in [0.25, 0.3) is 0 Å². The summed E-state index contributed by atoms with van der Waals surface area (Å²) in [6.45, 7) is 2.96. The van der Waals surface area contributed by atoms with Crippen LogP contribution in [0.1, 0.15) is 62.7 Å². The maximum absolute atomic E-state index is 10.2. The molecular formula is C21H28O2. The predicted octanol–water partition coefficient (Wildman–Crippen LogP) is 5.86. The lowest BCUT2D eigenvalue weighted by molar-refractivity contribution is 0.0752. The van der Waals surface area contributed by atoms with Gasteiger partial charge in [0.1, 0.15) is 11.9 Å². The van der Waals surface area contributed by atoms with Gasteiger partial charge in [0.05, 0.1) is 0 Å². The zero-order valence-electron chi connectivity index (χ0n) is 14.1. The van der Waals surface area contributed by atoms with Crippen molar-refractivity contribution >= 4 is 0 Å². The molecule has 124 valence electrons. The van der Waals surface area contributed by atoms with Crippen LogP contribution in [-0.4, -0.2) is 11.7 Å². The Bertz CT molecular complexity index is 551. The quantitative estimate of drug-likeness (QED) is 0.557. The third-order valence-electron chi connectivity index (χ3n) is 4.10. The molecule has 0 aliphatic rings. The lowest BCUT2D eigenvalue weighted by Crippen LogP contribution is -2.08. The van der Waals surface area contributed by atoms with E-state index in [1.165, 1.54) is 32.1 Å². The summed E-state index contributed by atoms with van der Waals surface area (Å²) < 4.78 is 6.14. The third-order valence-corrected chi connectivity index (χ3v) is 4.10. The normalized spacial score (nSPS) is 12.2. The molecule has 23 heavy (non-hydrogen) atoms. The van der Waals surface area contributed by atoms with E-state index in [1.807, 2.05) is 36.4 Å². The fourth-order valence-corrected chi connectivity index (χ4v) is 2.79. The van der Waals surface area contributed by atoms with Crippen molar-refractivity contribution in [1.82, 2.24) is 0 Å². The zero-order chi connectivity index (χ0) is 16.3. The average Bonchev–Trinajstić information content (AvgIpc) is 2.59. The topological polar surface area (TPSA) is 29.5 Å². The van der Waals surface area contributed by atoms with Gasteiger partial charge in [-0.05, 0) is 18.1 Å². The summed E-state index contributed by atoms with van der Waals surface area (Å²) in [6, 6.07) is 17.6. The van der Waals surface area contributed by atoms with Gasteiger partial charge in [0.15, 0.2) is 0 Å². The molecule has 1 atom stereocenters. The Morgan fingerprint density at radius 1 is 0.826 bits per heavy atom. The molecule has 0 aliphatic heterocycles. The molecule has 0 saturated heterocycles. The number of phenols is 1. The molecule has 2 heteroatoms.